The Labute approximate surface area is 114 Å². The van der Waals surface area contributed by atoms with Crippen LogP contribution >= 0.6 is 0 Å². The molecular weight excluding hydrogens is 264 g/mol. The largest absolute Gasteiger partial charge is 0.480 e. The molecule has 2 N–H and O–H groups in total. The lowest BCUT2D eigenvalue weighted by Gasteiger charge is -2.03. The van der Waals surface area contributed by atoms with Gasteiger partial charge in [0.05, 0.1) is 12.5 Å². The van der Waals surface area contributed by atoms with Crippen LogP contribution in [0.4, 0.5) is 0 Å². The molecule has 106 valence electrons. The Balaban J connectivity index is 1.74. The van der Waals surface area contributed by atoms with Crippen molar-refractivity contribution in [3.8, 4) is 0 Å². The Kier molecular flexibility index (Phi) is 4.43. The van der Waals surface area contributed by atoms with Crippen molar-refractivity contribution in [2.24, 2.45) is 0 Å². The highest BCUT2D eigenvalue weighted by atomic mass is 16.4. The normalized spacial score (nSPS) is 10.4. The minimum atomic E-state index is -1.04. The molecular formula is C11H14N6O3. The average molecular weight is 278 g/mol. The molecule has 20 heavy (non-hydrogen) atoms. The quantitative estimate of drug-likeness (QED) is 0.652. The molecule has 0 bridgehead atoms. The smallest absolute Gasteiger partial charge is 0.325 e. The van der Waals surface area contributed by atoms with Crippen LogP contribution in [-0.2, 0) is 17.9 Å². The summed E-state index contributed by atoms with van der Waals surface area (Å²) in [7, 11) is 0. The molecule has 0 aromatic carbocycles. The minimum Gasteiger partial charge on any atom is -0.480 e. The monoisotopic (exact) mass is 278 g/mol. The Morgan fingerprint density at radius 2 is 2.25 bits per heavy atom. The molecule has 0 spiro atoms. The van der Waals surface area contributed by atoms with E-state index in [1.807, 2.05) is 10.8 Å². The summed E-state index contributed by atoms with van der Waals surface area (Å²) in [4.78, 5) is 26.1. The Morgan fingerprint density at radius 1 is 1.40 bits per heavy atom. The van der Waals surface area contributed by atoms with Crippen LogP contribution in [0, 0.1) is 0 Å². The highest BCUT2D eigenvalue weighted by molar-refractivity contribution is 5.91. The fraction of sp³-hybridized carbons (Fsp3) is 0.364. The van der Waals surface area contributed by atoms with Crippen molar-refractivity contribution in [2.75, 3.05) is 6.54 Å². The van der Waals surface area contributed by atoms with Gasteiger partial charge in [-0.1, -0.05) is 5.21 Å². The van der Waals surface area contributed by atoms with Crippen LogP contribution in [0.1, 0.15) is 16.9 Å². The number of hydrogen-bond donors (Lipinski definition) is 2. The van der Waals surface area contributed by atoms with Gasteiger partial charge in [0.15, 0.2) is 5.69 Å². The predicted octanol–water partition coefficient (Wildman–Crippen LogP) is -0.621. The van der Waals surface area contributed by atoms with Crippen molar-refractivity contribution in [2.45, 2.75) is 19.5 Å². The molecule has 9 heteroatoms. The first-order chi connectivity index (χ1) is 9.65. The van der Waals surface area contributed by atoms with E-state index in [0.717, 1.165) is 17.6 Å². The summed E-state index contributed by atoms with van der Waals surface area (Å²) in [5, 5.41) is 18.5. The number of carboxylic acid groups (broad SMARTS) is 1. The van der Waals surface area contributed by atoms with Crippen LogP contribution in [0.2, 0.25) is 0 Å². The molecule has 2 rings (SSSR count). The van der Waals surface area contributed by atoms with Gasteiger partial charge in [0.2, 0.25) is 0 Å². The molecule has 0 aliphatic rings. The lowest BCUT2D eigenvalue weighted by molar-refractivity contribution is -0.137. The molecule has 2 heterocycles. The van der Waals surface area contributed by atoms with Gasteiger partial charge in [0, 0.05) is 25.5 Å². The van der Waals surface area contributed by atoms with Gasteiger partial charge in [-0.05, 0) is 6.42 Å². The van der Waals surface area contributed by atoms with Crippen LogP contribution in [0.25, 0.3) is 0 Å². The molecule has 0 aliphatic carbocycles. The van der Waals surface area contributed by atoms with Gasteiger partial charge >= 0.3 is 5.97 Å². The van der Waals surface area contributed by atoms with Crippen LogP contribution in [-0.4, -0.2) is 48.1 Å². The second kappa shape index (κ2) is 6.45. The molecule has 0 radical (unpaired) electrons. The minimum absolute atomic E-state index is 0.105. The molecule has 2 aromatic heterocycles. The summed E-state index contributed by atoms with van der Waals surface area (Å²) >= 11 is 0. The molecule has 0 fully saturated rings. The zero-order valence-electron chi connectivity index (χ0n) is 10.6. The maximum Gasteiger partial charge on any atom is 0.325 e. The molecule has 0 saturated heterocycles. The Bertz CT molecular complexity index is 577. The molecule has 9 nitrogen and oxygen atoms in total. The van der Waals surface area contributed by atoms with E-state index in [-0.39, 0.29) is 18.1 Å². The van der Waals surface area contributed by atoms with E-state index in [0.29, 0.717) is 6.54 Å². The molecule has 0 unspecified atom stereocenters. The van der Waals surface area contributed by atoms with Crippen molar-refractivity contribution in [1.82, 2.24) is 29.9 Å². The van der Waals surface area contributed by atoms with Crippen LogP contribution < -0.4 is 5.32 Å². The van der Waals surface area contributed by atoms with E-state index in [4.69, 9.17) is 5.11 Å². The maximum atomic E-state index is 11.7. The second-order valence-electron chi connectivity index (χ2n) is 4.11. The fourth-order valence-electron chi connectivity index (χ4n) is 1.59. The number of carbonyl (C=O) groups excluding carboxylic acids is 1. The summed E-state index contributed by atoms with van der Waals surface area (Å²) < 4.78 is 3.01. The molecule has 0 saturated carbocycles. The van der Waals surface area contributed by atoms with E-state index in [9.17, 15) is 9.59 Å². The van der Waals surface area contributed by atoms with E-state index >= 15 is 0 Å². The third-order valence-electron chi connectivity index (χ3n) is 2.51. The SMILES string of the molecule is O=C(O)Cn1cc(C(=O)NCCCn2ccnc2)nn1. The average Bonchev–Trinajstić information content (AvgIpc) is 3.04. The number of amides is 1. The molecule has 0 atom stereocenters. The number of hydrogen-bond acceptors (Lipinski definition) is 5. The van der Waals surface area contributed by atoms with Gasteiger partial charge in [0.25, 0.3) is 5.91 Å². The number of carboxylic acids is 1. The topological polar surface area (TPSA) is 115 Å². The summed E-state index contributed by atoms with van der Waals surface area (Å²) in [6.07, 6.45) is 7.31. The number of nitrogens with one attached hydrogen (secondary N) is 1. The number of aromatic nitrogens is 5. The standard InChI is InChI=1S/C11H14N6O3/c18-10(19)7-17-6-9(14-15-17)11(20)13-2-1-4-16-5-3-12-8-16/h3,5-6,8H,1-2,4,7H2,(H,13,20)(H,18,19). The van der Waals surface area contributed by atoms with E-state index < -0.39 is 5.97 Å². The van der Waals surface area contributed by atoms with Gasteiger partial charge in [-0.2, -0.15) is 0 Å². The maximum absolute atomic E-state index is 11.7. The van der Waals surface area contributed by atoms with Gasteiger partial charge in [-0.15, -0.1) is 5.10 Å². The third-order valence-corrected chi connectivity index (χ3v) is 2.51. The number of rotatable bonds is 7. The predicted molar refractivity (Wildman–Crippen MR) is 66.8 cm³/mol. The third kappa shape index (κ3) is 3.90. The van der Waals surface area contributed by atoms with Crippen molar-refractivity contribution in [1.29, 1.82) is 0 Å². The van der Waals surface area contributed by atoms with E-state index in [1.165, 1.54) is 6.20 Å². The van der Waals surface area contributed by atoms with E-state index in [1.54, 1.807) is 12.5 Å². The fourth-order valence-corrected chi connectivity index (χ4v) is 1.59. The number of nitrogens with zero attached hydrogens (tertiary/aromatic N) is 5. The van der Waals surface area contributed by atoms with Crippen LogP contribution in [0.15, 0.2) is 24.9 Å². The summed E-state index contributed by atoms with van der Waals surface area (Å²) in [6.45, 7) is 0.926. The summed E-state index contributed by atoms with van der Waals surface area (Å²) in [5.74, 6) is -1.41. The first-order valence-electron chi connectivity index (χ1n) is 6.01. The lowest BCUT2D eigenvalue weighted by atomic mass is 10.4. The number of aryl methyl sites for hydroxylation is 1. The highest BCUT2D eigenvalue weighted by Crippen LogP contribution is 1.94. The number of carbonyl (C=O) groups is 2. The lowest BCUT2D eigenvalue weighted by Crippen LogP contribution is -2.25. The van der Waals surface area contributed by atoms with Crippen LogP contribution in [0.5, 0.6) is 0 Å². The van der Waals surface area contributed by atoms with Gasteiger partial charge in [-0.3, -0.25) is 9.59 Å². The Morgan fingerprint density at radius 3 is 2.95 bits per heavy atom. The zero-order chi connectivity index (χ0) is 14.4. The van der Waals surface area contributed by atoms with Crippen molar-refractivity contribution >= 4 is 11.9 Å². The highest BCUT2D eigenvalue weighted by Gasteiger charge is 2.11. The summed E-state index contributed by atoms with van der Waals surface area (Å²) in [5.41, 5.74) is 0.105. The molecule has 0 aliphatic heterocycles. The first kappa shape index (κ1) is 13.7. The van der Waals surface area contributed by atoms with Gasteiger partial charge < -0.3 is 15.0 Å². The van der Waals surface area contributed by atoms with Crippen molar-refractivity contribution < 1.29 is 14.7 Å². The zero-order valence-corrected chi connectivity index (χ0v) is 10.6. The van der Waals surface area contributed by atoms with Gasteiger partial charge in [-0.25, -0.2) is 9.67 Å². The Hall–Kier alpha value is -2.71. The molecule has 2 aromatic rings. The van der Waals surface area contributed by atoms with Crippen molar-refractivity contribution in [3.05, 3.63) is 30.6 Å². The number of imidazole rings is 1. The second-order valence-corrected chi connectivity index (χ2v) is 4.11. The van der Waals surface area contributed by atoms with Crippen LogP contribution in [0.3, 0.4) is 0 Å². The van der Waals surface area contributed by atoms with Crippen molar-refractivity contribution in [3.63, 3.8) is 0 Å². The van der Waals surface area contributed by atoms with E-state index in [2.05, 4.69) is 20.6 Å². The molecule has 1 amide bonds. The van der Waals surface area contributed by atoms with Gasteiger partial charge in [0.1, 0.15) is 6.54 Å². The summed E-state index contributed by atoms with van der Waals surface area (Å²) in [6, 6.07) is 0. The first-order valence-corrected chi connectivity index (χ1v) is 6.01. The number of aliphatic carboxylic acids is 1.